The van der Waals surface area contributed by atoms with Crippen LogP contribution in [0, 0.1) is 5.41 Å². The first kappa shape index (κ1) is 23.0. The van der Waals surface area contributed by atoms with E-state index in [1.165, 1.54) is 16.2 Å². The zero-order valence-electron chi connectivity index (χ0n) is 19.2. The molecule has 5 rings (SSSR count). The SMILES string of the molecule is CCC1(C(=O)O)CN(C(=O)Cc2csc(NC(=O)OCC3c4ccccc4-c4ccccc43)n2)C1. The second kappa shape index (κ2) is 9.14. The monoisotopic (exact) mass is 491 g/mol. The Morgan fingerprint density at radius 2 is 1.74 bits per heavy atom. The van der Waals surface area contributed by atoms with Gasteiger partial charge in [0, 0.05) is 24.4 Å². The molecule has 180 valence electrons. The summed E-state index contributed by atoms with van der Waals surface area (Å²) in [4.78, 5) is 42.2. The molecular weight excluding hydrogens is 466 g/mol. The molecule has 35 heavy (non-hydrogen) atoms. The Bertz CT molecular complexity index is 1250. The van der Waals surface area contributed by atoms with Crippen LogP contribution in [-0.4, -0.2) is 52.7 Å². The van der Waals surface area contributed by atoms with Crippen molar-refractivity contribution in [3.63, 3.8) is 0 Å². The number of benzene rings is 2. The van der Waals surface area contributed by atoms with E-state index in [1.807, 2.05) is 31.2 Å². The fourth-order valence-corrected chi connectivity index (χ4v) is 5.50. The standard InChI is InChI=1S/C26H25N3O5S/c1-2-26(23(31)32)14-29(15-26)22(30)11-16-13-35-24(27-16)28-25(33)34-12-21-19-9-5-3-7-17(19)18-8-4-6-10-20(18)21/h3-10,13,21H,2,11-12,14-15H2,1H3,(H,31,32)(H,27,28,33). The van der Waals surface area contributed by atoms with Gasteiger partial charge < -0.3 is 14.7 Å². The summed E-state index contributed by atoms with van der Waals surface area (Å²) in [5.41, 5.74) is 4.28. The summed E-state index contributed by atoms with van der Waals surface area (Å²) in [5.74, 6) is -1.07. The lowest BCUT2D eigenvalue weighted by atomic mass is 9.77. The molecule has 1 aliphatic carbocycles. The van der Waals surface area contributed by atoms with Gasteiger partial charge in [-0.2, -0.15) is 0 Å². The van der Waals surface area contributed by atoms with Crippen LogP contribution in [0.4, 0.5) is 9.93 Å². The number of carbonyl (C=O) groups is 3. The van der Waals surface area contributed by atoms with E-state index >= 15 is 0 Å². The Kier molecular flexibility index (Phi) is 6.02. The van der Waals surface area contributed by atoms with Crippen LogP contribution in [0.5, 0.6) is 0 Å². The lowest BCUT2D eigenvalue weighted by molar-refractivity contribution is -0.166. The van der Waals surface area contributed by atoms with Gasteiger partial charge in [-0.05, 0) is 28.7 Å². The molecule has 1 aromatic heterocycles. The van der Waals surface area contributed by atoms with Crippen LogP contribution >= 0.6 is 11.3 Å². The van der Waals surface area contributed by atoms with E-state index in [1.54, 1.807) is 5.38 Å². The molecule has 9 heteroatoms. The first-order chi connectivity index (χ1) is 16.9. The molecule has 3 aromatic rings. The molecule has 2 N–H and O–H groups in total. The highest BCUT2D eigenvalue weighted by Crippen LogP contribution is 2.44. The third-order valence-corrected chi connectivity index (χ3v) is 7.71. The highest BCUT2D eigenvalue weighted by molar-refractivity contribution is 7.13. The maximum absolute atomic E-state index is 12.5. The Balaban J connectivity index is 1.15. The van der Waals surface area contributed by atoms with Gasteiger partial charge in [-0.25, -0.2) is 9.78 Å². The van der Waals surface area contributed by atoms with Gasteiger partial charge >= 0.3 is 12.1 Å². The van der Waals surface area contributed by atoms with Crippen LogP contribution < -0.4 is 5.32 Å². The van der Waals surface area contributed by atoms with E-state index in [0.717, 1.165) is 22.3 Å². The molecule has 0 bridgehead atoms. The molecule has 2 aliphatic rings. The number of hydrogen-bond donors (Lipinski definition) is 2. The number of rotatable bonds is 7. The predicted molar refractivity (Wildman–Crippen MR) is 131 cm³/mol. The number of fused-ring (bicyclic) bond motifs is 3. The number of aromatic nitrogens is 1. The summed E-state index contributed by atoms with van der Waals surface area (Å²) in [5, 5.41) is 14.1. The molecule has 0 atom stereocenters. The van der Waals surface area contributed by atoms with Gasteiger partial charge in [0.25, 0.3) is 0 Å². The van der Waals surface area contributed by atoms with E-state index < -0.39 is 17.5 Å². The maximum atomic E-state index is 12.5. The molecule has 1 fully saturated rings. The highest BCUT2D eigenvalue weighted by atomic mass is 32.1. The van der Waals surface area contributed by atoms with Gasteiger partial charge in [-0.3, -0.25) is 14.9 Å². The van der Waals surface area contributed by atoms with E-state index in [0.29, 0.717) is 17.2 Å². The zero-order chi connectivity index (χ0) is 24.6. The van der Waals surface area contributed by atoms with Crippen molar-refractivity contribution in [1.29, 1.82) is 0 Å². The fourth-order valence-electron chi connectivity index (χ4n) is 4.80. The van der Waals surface area contributed by atoms with Crippen molar-refractivity contribution >= 4 is 34.4 Å². The van der Waals surface area contributed by atoms with Crippen molar-refractivity contribution < 1.29 is 24.2 Å². The van der Waals surface area contributed by atoms with Gasteiger partial charge in [-0.1, -0.05) is 55.5 Å². The van der Waals surface area contributed by atoms with Gasteiger partial charge in [0.1, 0.15) is 12.0 Å². The van der Waals surface area contributed by atoms with Gasteiger partial charge in [0.15, 0.2) is 5.13 Å². The quantitative estimate of drug-likeness (QED) is 0.508. The van der Waals surface area contributed by atoms with Crippen LogP contribution in [0.1, 0.15) is 36.1 Å². The third-order valence-electron chi connectivity index (χ3n) is 6.91. The normalized spacial score (nSPS) is 15.6. The molecule has 0 unspecified atom stereocenters. The molecular formula is C26H25N3O5S. The third kappa shape index (κ3) is 4.27. The largest absolute Gasteiger partial charge is 0.481 e. The minimum absolute atomic E-state index is 0.0322. The van der Waals surface area contributed by atoms with E-state index in [4.69, 9.17) is 4.74 Å². The fraction of sp³-hybridized carbons (Fsp3) is 0.308. The molecule has 2 aromatic carbocycles. The van der Waals surface area contributed by atoms with Gasteiger partial charge in [0.2, 0.25) is 5.91 Å². The Morgan fingerprint density at radius 3 is 2.34 bits per heavy atom. The van der Waals surface area contributed by atoms with Gasteiger partial charge in [0.05, 0.1) is 12.1 Å². The van der Waals surface area contributed by atoms with E-state index in [-0.39, 0.29) is 37.9 Å². The van der Waals surface area contributed by atoms with Crippen molar-refractivity contribution in [2.75, 3.05) is 25.0 Å². The first-order valence-corrected chi connectivity index (χ1v) is 12.4. The van der Waals surface area contributed by atoms with Crippen LogP contribution in [0.3, 0.4) is 0 Å². The van der Waals surface area contributed by atoms with Crippen molar-refractivity contribution in [2.45, 2.75) is 25.7 Å². The topological polar surface area (TPSA) is 109 Å². The number of aliphatic carboxylic acids is 1. The molecule has 8 nitrogen and oxygen atoms in total. The molecule has 1 saturated heterocycles. The van der Waals surface area contributed by atoms with Gasteiger partial charge in [-0.15, -0.1) is 11.3 Å². The highest BCUT2D eigenvalue weighted by Gasteiger charge is 2.49. The number of carbonyl (C=O) groups excluding carboxylic acids is 2. The van der Waals surface area contributed by atoms with Crippen molar-refractivity contribution in [3.8, 4) is 11.1 Å². The number of likely N-dealkylation sites (tertiary alicyclic amines) is 1. The average Bonchev–Trinajstić information content (AvgIpc) is 3.39. The molecule has 0 spiro atoms. The number of thiazole rings is 1. The Labute approximate surface area is 206 Å². The molecule has 1 aliphatic heterocycles. The average molecular weight is 492 g/mol. The summed E-state index contributed by atoms with van der Waals surface area (Å²) in [6.45, 7) is 2.45. The Morgan fingerprint density at radius 1 is 1.11 bits per heavy atom. The number of nitrogens with one attached hydrogen (secondary N) is 1. The number of ether oxygens (including phenoxy) is 1. The first-order valence-electron chi connectivity index (χ1n) is 11.5. The number of carboxylic acids is 1. The van der Waals surface area contributed by atoms with Crippen LogP contribution in [0.15, 0.2) is 53.9 Å². The summed E-state index contributed by atoms with van der Waals surface area (Å²) in [6, 6.07) is 16.3. The maximum Gasteiger partial charge on any atom is 0.413 e. The summed E-state index contributed by atoms with van der Waals surface area (Å²) < 4.78 is 5.54. The molecule has 0 radical (unpaired) electrons. The number of hydrogen-bond acceptors (Lipinski definition) is 6. The summed E-state index contributed by atoms with van der Waals surface area (Å²) in [7, 11) is 0. The van der Waals surface area contributed by atoms with Crippen molar-refractivity contribution in [2.24, 2.45) is 5.41 Å². The lowest BCUT2D eigenvalue weighted by Crippen LogP contribution is -2.62. The predicted octanol–water partition coefficient (Wildman–Crippen LogP) is 4.37. The van der Waals surface area contributed by atoms with Crippen LogP contribution in [-0.2, 0) is 20.7 Å². The second-order valence-electron chi connectivity index (χ2n) is 8.96. The Hall–Kier alpha value is -3.72. The van der Waals surface area contributed by atoms with E-state index in [9.17, 15) is 19.5 Å². The number of nitrogens with zero attached hydrogens (tertiary/aromatic N) is 2. The van der Waals surface area contributed by atoms with Crippen molar-refractivity contribution in [1.82, 2.24) is 9.88 Å². The van der Waals surface area contributed by atoms with Crippen LogP contribution in [0.2, 0.25) is 0 Å². The number of carboxylic acid groups (broad SMARTS) is 1. The smallest absolute Gasteiger partial charge is 0.413 e. The van der Waals surface area contributed by atoms with Crippen LogP contribution in [0.25, 0.3) is 11.1 Å². The molecule has 2 heterocycles. The summed E-state index contributed by atoms with van der Waals surface area (Å²) in [6.07, 6.45) is -0.0599. The lowest BCUT2D eigenvalue weighted by Gasteiger charge is -2.46. The zero-order valence-corrected chi connectivity index (χ0v) is 20.0. The summed E-state index contributed by atoms with van der Waals surface area (Å²) >= 11 is 1.21. The minimum atomic E-state index is -0.868. The molecule has 0 saturated carbocycles. The molecule has 2 amide bonds. The number of amides is 2. The number of anilines is 1. The minimum Gasteiger partial charge on any atom is -0.481 e. The van der Waals surface area contributed by atoms with Crippen molar-refractivity contribution in [3.05, 3.63) is 70.7 Å². The van der Waals surface area contributed by atoms with E-state index in [2.05, 4.69) is 34.6 Å². The second-order valence-corrected chi connectivity index (χ2v) is 9.82.